The summed E-state index contributed by atoms with van der Waals surface area (Å²) in [5, 5.41) is 13.5. The van der Waals surface area contributed by atoms with E-state index in [1.165, 1.54) is 13.1 Å². The van der Waals surface area contributed by atoms with Gasteiger partial charge in [-0.05, 0) is 12.1 Å². The molecular formula is C11H12F3N3O3. The Bertz CT molecular complexity index is 531. The zero-order valence-electron chi connectivity index (χ0n) is 10.7. The Morgan fingerprint density at radius 1 is 1.45 bits per heavy atom. The molecule has 0 aliphatic rings. The van der Waals surface area contributed by atoms with Crippen molar-refractivity contribution in [3.05, 3.63) is 33.9 Å². The van der Waals surface area contributed by atoms with E-state index in [-0.39, 0.29) is 0 Å². The van der Waals surface area contributed by atoms with Gasteiger partial charge in [-0.2, -0.15) is 13.2 Å². The molecule has 0 radical (unpaired) electrons. The minimum Gasteiger partial charge on any atom is -0.388 e. The molecule has 1 rings (SSSR count). The molecule has 110 valence electrons. The van der Waals surface area contributed by atoms with Crippen molar-refractivity contribution in [3.63, 3.8) is 0 Å². The Balaban J connectivity index is 3.16. The lowest BCUT2D eigenvalue weighted by Gasteiger charge is -2.19. The second-order valence-electron chi connectivity index (χ2n) is 4.02. The molecule has 1 amide bonds. The first-order valence-electron chi connectivity index (χ1n) is 5.44. The predicted octanol–water partition coefficient (Wildman–Crippen LogP) is 2.27. The summed E-state index contributed by atoms with van der Waals surface area (Å²) in [6, 6.07) is 3.58. The maximum absolute atomic E-state index is 12.2. The zero-order valence-corrected chi connectivity index (χ0v) is 10.7. The summed E-state index contributed by atoms with van der Waals surface area (Å²) in [6.07, 6.45) is -4.57. The van der Waals surface area contributed by atoms with Crippen LogP contribution in [0.5, 0.6) is 0 Å². The van der Waals surface area contributed by atoms with Gasteiger partial charge in [-0.25, -0.2) is 0 Å². The van der Waals surface area contributed by atoms with Crippen LogP contribution in [0.3, 0.4) is 0 Å². The van der Waals surface area contributed by atoms with E-state index in [1.807, 2.05) is 0 Å². The number of carbonyl (C=O) groups is 1. The molecule has 0 heterocycles. The standard InChI is InChI=1S/C11H12F3N3O3/c1-15-7-3-4-9(17(19)20)8(5-7)10(18)16(2)6-11(12,13)14/h3-5,15H,6H2,1-2H3. The van der Waals surface area contributed by atoms with Crippen LogP contribution in [0.4, 0.5) is 24.5 Å². The summed E-state index contributed by atoms with van der Waals surface area (Å²) in [4.78, 5) is 22.3. The molecule has 0 atom stereocenters. The molecule has 0 aromatic heterocycles. The highest BCUT2D eigenvalue weighted by atomic mass is 19.4. The Labute approximate surface area is 112 Å². The number of nitro benzene ring substituents is 1. The molecule has 0 bridgehead atoms. The number of benzene rings is 1. The minimum atomic E-state index is -4.57. The highest BCUT2D eigenvalue weighted by Gasteiger charge is 2.33. The number of anilines is 1. The molecule has 0 fully saturated rings. The van der Waals surface area contributed by atoms with Crippen LogP contribution in [0.25, 0.3) is 0 Å². The van der Waals surface area contributed by atoms with E-state index >= 15 is 0 Å². The third-order valence-electron chi connectivity index (χ3n) is 2.48. The molecule has 20 heavy (non-hydrogen) atoms. The summed E-state index contributed by atoms with van der Waals surface area (Å²) in [7, 11) is 2.46. The first-order chi connectivity index (χ1) is 9.15. The average Bonchev–Trinajstić information content (AvgIpc) is 2.34. The minimum absolute atomic E-state index is 0.388. The van der Waals surface area contributed by atoms with Crippen LogP contribution in [0.2, 0.25) is 0 Å². The van der Waals surface area contributed by atoms with Gasteiger partial charge in [0.05, 0.1) is 4.92 Å². The van der Waals surface area contributed by atoms with Crippen LogP contribution < -0.4 is 5.32 Å². The van der Waals surface area contributed by atoms with Gasteiger partial charge < -0.3 is 10.2 Å². The number of nitro groups is 1. The lowest BCUT2D eigenvalue weighted by Crippen LogP contribution is -2.36. The maximum Gasteiger partial charge on any atom is 0.406 e. The van der Waals surface area contributed by atoms with E-state index in [1.54, 1.807) is 0 Å². The van der Waals surface area contributed by atoms with E-state index in [2.05, 4.69) is 5.32 Å². The van der Waals surface area contributed by atoms with Gasteiger partial charge in [-0.15, -0.1) is 0 Å². The molecular weight excluding hydrogens is 279 g/mol. The predicted molar refractivity (Wildman–Crippen MR) is 65.7 cm³/mol. The fraction of sp³-hybridized carbons (Fsp3) is 0.364. The third-order valence-corrected chi connectivity index (χ3v) is 2.48. The number of hydrogen-bond donors (Lipinski definition) is 1. The van der Waals surface area contributed by atoms with Gasteiger partial charge >= 0.3 is 6.18 Å². The Morgan fingerprint density at radius 2 is 2.05 bits per heavy atom. The first kappa shape index (κ1) is 15.7. The summed E-state index contributed by atoms with van der Waals surface area (Å²) in [5.74, 6) is -1.06. The van der Waals surface area contributed by atoms with Gasteiger partial charge in [0.1, 0.15) is 12.1 Å². The number of amides is 1. The van der Waals surface area contributed by atoms with Crippen molar-refractivity contribution in [2.24, 2.45) is 0 Å². The monoisotopic (exact) mass is 291 g/mol. The number of nitrogens with one attached hydrogen (secondary N) is 1. The van der Waals surface area contributed by atoms with Crippen LogP contribution in [-0.2, 0) is 0 Å². The van der Waals surface area contributed by atoms with Gasteiger partial charge in [0.15, 0.2) is 0 Å². The van der Waals surface area contributed by atoms with Gasteiger partial charge in [-0.3, -0.25) is 14.9 Å². The van der Waals surface area contributed by atoms with Crippen LogP contribution in [0.15, 0.2) is 18.2 Å². The SMILES string of the molecule is CNc1ccc([N+](=O)[O-])c(C(=O)N(C)CC(F)(F)F)c1. The quantitative estimate of drug-likeness (QED) is 0.682. The largest absolute Gasteiger partial charge is 0.406 e. The summed E-state index contributed by atoms with van der Waals surface area (Å²) < 4.78 is 36.7. The highest BCUT2D eigenvalue weighted by Crippen LogP contribution is 2.25. The van der Waals surface area contributed by atoms with Crippen molar-refractivity contribution in [1.82, 2.24) is 4.90 Å². The number of carbonyl (C=O) groups excluding carboxylic acids is 1. The van der Waals surface area contributed by atoms with Crippen LogP contribution in [-0.4, -0.2) is 42.5 Å². The fourth-order valence-corrected chi connectivity index (χ4v) is 1.57. The Hall–Kier alpha value is -2.32. The number of alkyl halides is 3. The first-order valence-corrected chi connectivity index (χ1v) is 5.44. The lowest BCUT2D eigenvalue weighted by atomic mass is 10.1. The smallest absolute Gasteiger partial charge is 0.388 e. The summed E-state index contributed by atoms with van der Waals surface area (Å²) >= 11 is 0. The topological polar surface area (TPSA) is 75.5 Å². The molecule has 1 aromatic carbocycles. The van der Waals surface area contributed by atoms with Crippen molar-refractivity contribution in [3.8, 4) is 0 Å². The fourth-order valence-electron chi connectivity index (χ4n) is 1.57. The van der Waals surface area contributed by atoms with Gasteiger partial charge in [0.25, 0.3) is 11.6 Å². The summed E-state index contributed by atoms with van der Waals surface area (Å²) in [5.41, 5.74) is -0.545. The molecule has 1 N–H and O–H groups in total. The average molecular weight is 291 g/mol. The third kappa shape index (κ3) is 3.84. The van der Waals surface area contributed by atoms with E-state index in [0.717, 1.165) is 19.2 Å². The second kappa shape index (κ2) is 5.76. The van der Waals surface area contributed by atoms with Gasteiger partial charge in [-0.1, -0.05) is 0 Å². The van der Waals surface area contributed by atoms with Gasteiger partial charge in [0.2, 0.25) is 0 Å². The van der Waals surface area contributed by atoms with Crippen molar-refractivity contribution < 1.29 is 22.9 Å². The molecule has 0 spiro atoms. The normalized spacial score (nSPS) is 11.1. The van der Waals surface area contributed by atoms with Crippen molar-refractivity contribution >= 4 is 17.3 Å². The molecule has 6 nitrogen and oxygen atoms in total. The van der Waals surface area contributed by atoms with Crippen molar-refractivity contribution in [2.75, 3.05) is 26.0 Å². The molecule has 9 heteroatoms. The van der Waals surface area contributed by atoms with Crippen LogP contribution >= 0.6 is 0 Å². The van der Waals surface area contributed by atoms with Crippen molar-refractivity contribution in [1.29, 1.82) is 0 Å². The number of hydrogen-bond acceptors (Lipinski definition) is 4. The molecule has 0 saturated carbocycles. The van der Waals surface area contributed by atoms with Crippen LogP contribution in [0, 0.1) is 10.1 Å². The molecule has 0 unspecified atom stereocenters. The van der Waals surface area contributed by atoms with E-state index in [0.29, 0.717) is 10.6 Å². The number of rotatable bonds is 4. The maximum atomic E-state index is 12.2. The molecule has 1 aromatic rings. The zero-order chi connectivity index (χ0) is 15.5. The van der Waals surface area contributed by atoms with Crippen molar-refractivity contribution in [2.45, 2.75) is 6.18 Å². The highest BCUT2D eigenvalue weighted by molar-refractivity contribution is 5.99. The van der Waals surface area contributed by atoms with E-state index in [4.69, 9.17) is 0 Å². The Morgan fingerprint density at radius 3 is 2.50 bits per heavy atom. The molecule has 0 saturated heterocycles. The summed E-state index contributed by atoms with van der Waals surface area (Å²) in [6.45, 7) is -1.48. The van der Waals surface area contributed by atoms with E-state index < -0.39 is 34.8 Å². The van der Waals surface area contributed by atoms with Gasteiger partial charge in [0, 0.05) is 25.8 Å². The number of nitrogens with zero attached hydrogens (tertiary/aromatic N) is 2. The lowest BCUT2D eigenvalue weighted by molar-refractivity contribution is -0.385. The Kier molecular flexibility index (Phi) is 4.53. The molecule has 0 aliphatic carbocycles. The van der Waals surface area contributed by atoms with Crippen LogP contribution in [0.1, 0.15) is 10.4 Å². The number of halogens is 3. The second-order valence-corrected chi connectivity index (χ2v) is 4.02. The van der Waals surface area contributed by atoms with E-state index in [9.17, 15) is 28.1 Å². The molecule has 0 aliphatic heterocycles.